The summed E-state index contributed by atoms with van der Waals surface area (Å²) >= 11 is 0. The highest BCUT2D eigenvalue weighted by Gasteiger charge is 2.15. The molecule has 2 aromatic rings. The van der Waals surface area contributed by atoms with Crippen LogP contribution in [0.5, 0.6) is 5.75 Å². The van der Waals surface area contributed by atoms with Crippen LogP contribution in [0.4, 0.5) is 4.39 Å². The molecule has 128 valence electrons. The number of benzene rings is 1. The second-order valence-corrected chi connectivity index (χ2v) is 5.16. The number of hydrogen-bond acceptors (Lipinski definition) is 4. The van der Waals surface area contributed by atoms with Gasteiger partial charge in [-0.1, -0.05) is 0 Å². The predicted molar refractivity (Wildman–Crippen MR) is 84.2 cm³/mol. The van der Waals surface area contributed by atoms with Gasteiger partial charge in [0.15, 0.2) is 6.10 Å². The summed E-state index contributed by atoms with van der Waals surface area (Å²) < 4.78 is 20.0. The van der Waals surface area contributed by atoms with Crippen molar-refractivity contribution >= 4 is 11.8 Å². The SMILES string of the molecule is CC(Oc1ccc(F)cc1)C(=O)NNC(=O)CCCn1ccnc1. The average molecular weight is 334 g/mol. The van der Waals surface area contributed by atoms with Crippen molar-refractivity contribution in [3.8, 4) is 5.75 Å². The number of rotatable bonds is 7. The fourth-order valence-corrected chi connectivity index (χ4v) is 1.91. The van der Waals surface area contributed by atoms with E-state index in [2.05, 4.69) is 15.8 Å². The van der Waals surface area contributed by atoms with Crippen LogP contribution in [0.25, 0.3) is 0 Å². The molecule has 2 rings (SSSR count). The summed E-state index contributed by atoms with van der Waals surface area (Å²) in [7, 11) is 0. The van der Waals surface area contributed by atoms with Crippen molar-refractivity contribution in [3.05, 3.63) is 48.8 Å². The van der Waals surface area contributed by atoms with Crippen molar-refractivity contribution in [2.45, 2.75) is 32.4 Å². The Morgan fingerprint density at radius 3 is 2.71 bits per heavy atom. The van der Waals surface area contributed by atoms with E-state index in [1.54, 1.807) is 12.5 Å². The molecule has 1 aromatic heterocycles. The zero-order valence-corrected chi connectivity index (χ0v) is 13.2. The summed E-state index contributed by atoms with van der Waals surface area (Å²) in [6.45, 7) is 2.20. The van der Waals surface area contributed by atoms with Gasteiger partial charge in [0.25, 0.3) is 5.91 Å². The number of carbonyl (C=O) groups is 2. The molecule has 0 aliphatic rings. The second kappa shape index (κ2) is 8.66. The van der Waals surface area contributed by atoms with Crippen molar-refractivity contribution in [2.75, 3.05) is 0 Å². The molecule has 0 radical (unpaired) electrons. The van der Waals surface area contributed by atoms with Crippen LogP contribution in [0.1, 0.15) is 19.8 Å². The molecule has 2 amide bonds. The van der Waals surface area contributed by atoms with Crippen LogP contribution in [-0.4, -0.2) is 27.5 Å². The molecular weight excluding hydrogens is 315 g/mol. The van der Waals surface area contributed by atoms with Crippen molar-refractivity contribution in [3.63, 3.8) is 0 Å². The standard InChI is InChI=1S/C16H19FN4O3/c1-12(24-14-6-4-13(17)5-7-14)16(23)20-19-15(22)3-2-9-21-10-8-18-11-21/h4-8,10-12H,2-3,9H2,1H3,(H,19,22)(H,20,23). The lowest BCUT2D eigenvalue weighted by atomic mass is 10.3. The first kappa shape index (κ1) is 17.5. The Morgan fingerprint density at radius 2 is 2.04 bits per heavy atom. The van der Waals surface area contributed by atoms with Crippen LogP contribution in [0.3, 0.4) is 0 Å². The molecular formula is C16H19FN4O3. The van der Waals surface area contributed by atoms with Gasteiger partial charge < -0.3 is 9.30 Å². The Labute approximate surface area is 138 Å². The summed E-state index contributed by atoms with van der Waals surface area (Å²) in [6, 6.07) is 5.33. The Kier molecular flexibility index (Phi) is 6.30. The van der Waals surface area contributed by atoms with Gasteiger partial charge in [-0.3, -0.25) is 20.4 Å². The lowest BCUT2D eigenvalue weighted by Crippen LogP contribution is -2.47. The molecule has 8 heteroatoms. The van der Waals surface area contributed by atoms with E-state index in [1.807, 2.05) is 10.8 Å². The van der Waals surface area contributed by atoms with Gasteiger partial charge in [0.1, 0.15) is 11.6 Å². The molecule has 24 heavy (non-hydrogen) atoms. The van der Waals surface area contributed by atoms with Crippen molar-refractivity contribution in [1.82, 2.24) is 20.4 Å². The number of aromatic nitrogens is 2. The number of hydrazine groups is 1. The van der Waals surface area contributed by atoms with Gasteiger partial charge in [0, 0.05) is 25.4 Å². The maximum atomic E-state index is 12.8. The third kappa shape index (κ3) is 5.71. The van der Waals surface area contributed by atoms with E-state index in [0.29, 0.717) is 18.7 Å². The minimum Gasteiger partial charge on any atom is -0.481 e. The minimum absolute atomic E-state index is 0.270. The van der Waals surface area contributed by atoms with Crippen LogP contribution < -0.4 is 15.6 Å². The highest BCUT2D eigenvalue weighted by atomic mass is 19.1. The van der Waals surface area contributed by atoms with Gasteiger partial charge in [-0.05, 0) is 37.6 Å². The summed E-state index contributed by atoms with van der Waals surface area (Å²) in [4.78, 5) is 27.4. The number of aryl methyl sites for hydroxylation is 1. The molecule has 0 saturated carbocycles. The van der Waals surface area contributed by atoms with Crippen molar-refractivity contribution in [2.24, 2.45) is 0 Å². The third-order valence-electron chi connectivity index (χ3n) is 3.20. The van der Waals surface area contributed by atoms with Crippen LogP contribution in [0.15, 0.2) is 43.0 Å². The number of imidazole rings is 1. The molecule has 0 bridgehead atoms. The maximum absolute atomic E-state index is 12.8. The van der Waals surface area contributed by atoms with E-state index < -0.39 is 12.0 Å². The van der Waals surface area contributed by atoms with E-state index in [-0.39, 0.29) is 18.1 Å². The van der Waals surface area contributed by atoms with Crippen molar-refractivity contribution in [1.29, 1.82) is 0 Å². The number of ether oxygens (including phenoxy) is 1. The maximum Gasteiger partial charge on any atom is 0.279 e. The second-order valence-electron chi connectivity index (χ2n) is 5.16. The number of amides is 2. The smallest absolute Gasteiger partial charge is 0.279 e. The van der Waals surface area contributed by atoms with E-state index in [0.717, 1.165) is 0 Å². The molecule has 1 aromatic carbocycles. The number of hydrogen-bond donors (Lipinski definition) is 2. The topological polar surface area (TPSA) is 85.3 Å². The molecule has 0 saturated heterocycles. The first-order valence-electron chi connectivity index (χ1n) is 7.51. The van der Waals surface area contributed by atoms with Crippen LogP contribution in [-0.2, 0) is 16.1 Å². The molecule has 7 nitrogen and oxygen atoms in total. The lowest BCUT2D eigenvalue weighted by Gasteiger charge is -2.15. The molecule has 0 aliphatic carbocycles. The first-order chi connectivity index (χ1) is 11.5. The highest BCUT2D eigenvalue weighted by molar-refractivity contribution is 5.84. The fourth-order valence-electron chi connectivity index (χ4n) is 1.91. The van der Waals surface area contributed by atoms with Crippen molar-refractivity contribution < 1.29 is 18.7 Å². The fraction of sp³-hybridized carbons (Fsp3) is 0.312. The number of halogens is 1. The Balaban J connectivity index is 1.65. The van der Waals surface area contributed by atoms with Gasteiger partial charge in [-0.2, -0.15) is 0 Å². The summed E-state index contributed by atoms with van der Waals surface area (Å²) in [6.07, 6.45) is 5.22. The molecule has 1 unspecified atom stereocenters. The molecule has 0 spiro atoms. The molecule has 2 N–H and O–H groups in total. The minimum atomic E-state index is -0.832. The highest BCUT2D eigenvalue weighted by Crippen LogP contribution is 2.12. The van der Waals surface area contributed by atoms with Gasteiger partial charge >= 0.3 is 0 Å². The van der Waals surface area contributed by atoms with E-state index in [1.165, 1.54) is 31.2 Å². The Bertz CT molecular complexity index is 658. The zero-order chi connectivity index (χ0) is 17.4. The van der Waals surface area contributed by atoms with Gasteiger partial charge in [-0.15, -0.1) is 0 Å². The van der Waals surface area contributed by atoms with E-state index >= 15 is 0 Å². The lowest BCUT2D eigenvalue weighted by molar-refractivity contribution is -0.132. The third-order valence-corrected chi connectivity index (χ3v) is 3.20. The molecule has 1 atom stereocenters. The van der Waals surface area contributed by atoms with Crippen LogP contribution in [0.2, 0.25) is 0 Å². The largest absolute Gasteiger partial charge is 0.481 e. The molecule has 1 heterocycles. The predicted octanol–water partition coefficient (Wildman–Crippen LogP) is 1.42. The van der Waals surface area contributed by atoms with Gasteiger partial charge in [-0.25, -0.2) is 9.37 Å². The monoisotopic (exact) mass is 334 g/mol. The number of carbonyl (C=O) groups excluding carboxylic acids is 2. The first-order valence-corrected chi connectivity index (χ1v) is 7.51. The molecule has 0 fully saturated rings. The summed E-state index contributed by atoms with van der Waals surface area (Å²) in [5.74, 6) is -0.812. The average Bonchev–Trinajstić information content (AvgIpc) is 3.08. The normalized spacial score (nSPS) is 11.6. The number of nitrogens with one attached hydrogen (secondary N) is 2. The number of nitrogens with zero attached hydrogens (tertiary/aromatic N) is 2. The molecule has 0 aliphatic heterocycles. The summed E-state index contributed by atoms with van der Waals surface area (Å²) in [5, 5.41) is 0. The quantitative estimate of drug-likeness (QED) is 0.750. The van der Waals surface area contributed by atoms with E-state index in [4.69, 9.17) is 4.74 Å². The van der Waals surface area contributed by atoms with Gasteiger partial charge in [0.2, 0.25) is 5.91 Å². The van der Waals surface area contributed by atoms with Crippen LogP contribution in [0, 0.1) is 5.82 Å². The summed E-state index contributed by atoms with van der Waals surface area (Å²) in [5.41, 5.74) is 4.64. The van der Waals surface area contributed by atoms with E-state index in [9.17, 15) is 14.0 Å². The van der Waals surface area contributed by atoms with Gasteiger partial charge in [0.05, 0.1) is 6.33 Å². The van der Waals surface area contributed by atoms with Crippen LogP contribution >= 0.6 is 0 Å². The Morgan fingerprint density at radius 1 is 1.29 bits per heavy atom. The Hall–Kier alpha value is -2.90. The zero-order valence-electron chi connectivity index (χ0n) is 13.2.